The zero-order chi connectivity index (χ0) is 21.8. The van der Waals surface area contributed by atoms with Crippen LogP contribution in [0.1, 0.15) is 46.5 Å². The lowest BCUT2D eigenvalue weighted by atomic mass is 9.96. The first-order valence-electron chi connectivity index (χ1n) is 11.5. The molecule has 1 aromatic rings. The van der Waals surface area contributed by atoms with E-state index >= 15 is 0 Å². The zero-order valence-corrected chi connectivity index (χ0v) is 19.0. The summed E-state index contributed by atoms with van der Waals surface area (Å²) in [5.41, 5.74) is -0.600. The first-order chi connectivity index (χ1) is 14.4. The largest absolute Gasteiger partial charge is 0.357 e. The normalized spacial score (nSPS) is 20.8. The van der Waals surface area contributed by atoms with Gasteiger partial charge in [0.1, 0.15) is 5.82 Å². The molecule has 0 aromatic carbocycles. The molecule has 2 saturated heterocycles. The molecule has 1 aromatic heterocycles. The molecule has 0 spiro atoms. The first kappa shape index (κ1) is 22.6. The quantitative estimate of drug-likeness (QED) is 0.691. The Morgan fingerprint density at radius 3 is 2.33 bits per heavy atom. The standard InChI is InChI=1S/C22H37N5O3/c1-5-18(6-2)24-11-13-25(14-12-24)21(29)17-9-8-10-26(16-17)19-15-20(28)23(4)22(30)27(19)7-3/h15,17-18H,5-14,16H2,1-4H3. The van der Waals surface area contributed by atoms with Crippen LogP contribution < -0.4 is 16.1 Å². The molecule has 168 valence electrons. The Labute approximate surface area is 179 Å². The Morgan fingerprint density at radius 2 is 1.73 bits per heavy atom. The summed E-state index contributed by atoms with van der Waals surface area (Å²) in [7, 11) is 1.50. The number of hydrogen-bond acceptors (Lipinski definition) is 5. The van der Waals surface area contributed by atoms with Gasteiger partial charge < -0.3 is 9.80 Å². The van der Waals surface area contributed by atoms with Crippen molar-refractivity contribution < 1.29 is 4.79 Å². The highest BCUT2D eigenvalue weighted by Crippen LogP contribution is 2.24. The first-order valence-corrected chi connectivity index (χ1v) is 11.5. The van der Waals surface area contributed by atoms with Crippen LogP contribution in [-0.4, -0.2) is 70.2 Å². The van der Waals surface area contributed by atoms with Crippen molar-refractivity contribution in [2.75, 3.05) is 44.2 Å². The Kier molecular flexibility index (Phi) is 7.39. The second-order valence-corrected chi connectivity index (χ2v) is 8.54. The van der Waals surface area contributed by atoms with Gasteiger partial charge in [-0.25, -0.2) is 4.79 Å². The van der Waals surface area contributed by atoms with E-state index in [2.05, 4.69) is 23.6 Å². The van der Waals surface area contributed by atoms with Gasteiger partial charge in [0.2, 0.25) is 5.91 Å². The fourth-order valence-corrected chi connectivity index (χ4v) is 4.98. The summed E-state index contributed by atoms with van der Waals surface area (Å²) >= 11 is 0. The maximum absolute atomic E-state index is 13.2. The molecule has 1 unspecified atom stereocenters. The topological polar surface area (TPSA) is 70.8 Å². The van der Waals surface area contributed by atoms with Crippen LogP contribution in [0.4, 0.5) is 5.82 Å². The van der Waals surface area contributed by atoms with Crippen LogP contribution in [0.15, 0.2) is 15.7 Å². The van der Waals surface area contributed by atoms with Crippen LogP contribution in [0.25, 0.3) is 0 Å². The van der Waals surface area contributed by atoms with Crippen molar-refractivity contribution in [1.82, 2.24) is 18.9 Å². The lowest BCUT2D eigenvalue weighted by molar-refractivity contribution is -0.138. The molecule has 0 N–H and O–H groups in total. The SMILES string of the molecule is CCC(CC)N1CCN(C(=O)C2CCCN(c3cc(=O)n(C)c(=O)n3CC)C2)CC1. The van der Waals surface area contributed by atoms with Gasteiger partial charge in [0.25, 0.3) is 5.56 Å². The highest BCUT2D eigenvalue weighted by molar-refractivity contribution is 5.80. The van der Waals surface area contributed by atoms with Crippen LogP contribution in [0, 0.1) is 5.92 Å². The van der Waals surface area contributed by atoms with Crippen molar-refractivity contribution in [1.29, 1.82) is 0 Å². The van der Waals surface area contributed by atoms with Crippen LogP contribution >= 0.6 is 0 Å². The molecule has 3 heterocycles. The fraction of sp³-hybridized carbons (Fsp3) is 0.773. The molecule has 8 heteroatoms. The van der Waals surface area contributed by atoms with Gasteiger partial charge in [-0.3, -0.25) is 23.6 Å². The van der Waals surface area contributed by atoms with E-state index in [1.807, 2.05) is 11.8 Å². The van der Waals surface area contributed by atoms with Crippen LogP contribution in [0.3, 0.4) is 0 Å². The van der Waals surface area contributed by atoms with Crippen molar-refractivity contribution >= 4 is 11.7 Å². The summed E-state index contributed by atoms with van der Waals surface area (Å²) in [6.45, 7) is 11.7. The lowest BCUT2D eigenvalue weighted by Gasteiger charge is -2.41. The third kappa shape index (κ3) is 4.48. The number of nitrogens with zero attached hydrogens (tertiary/aromatic N) is 5. The molecule has 8 nitrogen and oxygen atoms in total. The van der Waals surface area contributed by atoms with E-state index < -0.39 is 0 Å². The van der Waals surface area contributed by atoms with Crippen molar-refractivity contribution in [2.24, 2.45) is 13.0 Å². The van der Waals surface area contributed by atoms with Gasteiger partial charge >= 0.3 is 5.69 Å². The Morgan fingerprint density at radius 1 is 1.07 bits per heavy atom. The number of hydrogen-bond donors (Lipinski definition) is 0. The number of piperidine rings is 1. The number of aromatic nitrogens is 2. The molecule has 1 atom stereocenters. The van der Waals surface area contributed by atoms with Gasteiger partial charge in [-0.1, -0.05) is 13.8 Å². The number of rotatable bonds is 6. The molecule has 0 radical (unpaired) electrons. The monoisotopic (exact) mass is 419 g/mol. The summed E-state index contributed by atoms with van der Waals surface area (Å²) in [6, 6.07) is 2.14. The fourth-order valence-electron chi connectivity index (χ4n) is 4.98. The van der Waals surface area contributed by atoms with Gasteiger partial charge in [0.15, 0.2) is 0 Å². The van der Waals surface area contributed by atoms with Crippen molar-refractivity contribution in [3.63, 3.8) is 0 Å². The minimum Gasteiger partial charge on any atom is -0.357 e. The highest BCUT2D eigenvalue weighted by atomic mass is 16.2. The number of amides is 1. The van der Waals surface area contributed by atoms with E-state index in [4.69, 9.17) is 0 Å². The summed E-state index contributed by atoms with van der Waals surface area (Å²) < 4.78 is 2.77. The molecule has 2 fully saturated rings. The van der Waals surface area contributed by atoms with Gasteiger partial charge in [-0.05, 0) is 32.6 Å². The second kappa shape index (κ2) is 9.81. The number of carbonyl (C=O) groups excluding carboxylic acids is 1. The van der Waals surface area contributed by atoms with E-state index in [0.29, 0.717) is 24.9 Å². The van der Waals surface area contributed by atoms with Crippen molar-refractivity contribution in [3.05, 3.63) is 26.9 Å². The van der Waals surface area contributed by atoms with Crippen molar-refractivity contribution in [2.45, 2.75) is 59.0 Å². The van der Waals surface area contributed by atoms with Gasteiger partial charge in [0.05, 0.1) is 5.92 Å². The van der Waals surface area contributed by atoms with E-state index in [-0.39, 0.29) is 23.1 Å². The van der Waals surface area contributed by atoms with E-state index in [9.17, 15) is 14.4 Å². The molecular weight excluding hydrogens is 382 g/mol. The molecule has 0 bridgehead atoms. The predicted octanol–water partition coefficient (Wildman–Crippen LogP) is 1.12. The summed E-state index contributed by atoms with van der Waals surface area (Å²) in [5.74, 6) is 0.780. The minimum atomic E-state index is -0.300. The van der Waals surface area contributed by atoms with Crippen LogP contribution in [0.5, 0.6) is 0 Å². The van der Waals surface area contributed by atoms with Crippen LogP contribution in [0.2, 0.25) is 0 Å². The van der Waals surface area contributed by atoms with Gasteiger partial charge in [-0.15, -0.1) is 0 Å². The van der Waals surface area contributed by atoms with E-state index in [0.717, 1.165) is 63.0 Å². The molecule has 0 aliphatic carbocycles. The summed E-state index contributed by atoms with van der Waals surface area (Å²) in [6.07, 6.45) is 4.05. The van der Waals surface area contributed by atoms with E-state index in [1.165, 1.54) is 13.1 Å². The molecule has 30 heavy (non-hydrogen) atoms. The molecule has 0 saturated carbocycles. The number of anilines is 1. The van der Waals surface area contributed by atoms with E-state index in [1.54, 1.807) is 4.57 Å². The maximum Gasteiger partial charge on any atom is 0.332 e. The molecule has 1 amide bonds. The third-order valence-corrected chi connectivity index (χ3v) is 6.87. The Balaban J connectivity index is 1.69. The molecule has 2 aliphatic rings. The maximum atomic E-state index is 13.2. The molecule has 3 rings (SSSR count). The number of carbonyl (C=O) groups is 1. The zero-order valence-electron chi connectivity index (χ0n) is 19.0. The Bertz CT molecular complexity index is 849. The van der Waals surface area contributed by atoms with Crippen LogP contribution in [-0.2, 0) is 18.4 Å². The number of piperazine rings is 1. The summed E-state index contributed by atoms with van der Waals surface area (Å²) in [4.78, 5) is 44.5. The lowest BCUT2D eigenvalue weighted by Crippen LogP contribution is -2.54. The third-order valence-electron chi connectivity index (χ3n) is 6.87. The van der Waals surface area contributed by atoms with Gasteiger partial charge in [0, 0.05) is 65.0 Å². The minimum absolute atomic E-state index is 0.0806. The van der Waals surface area contributed by atoms with Gasteiger partial charge in [-0.2, -0.15) is 0 Å². The predicted molar refractivity (Wildman–Crippen MR) is 119 cm³/mol. The molecular formula is C22H37N5O3. The van der Waals surface area contributed by atoms with Crippen molar-refractivity contribution in [3.8, 4) is 0 Å². The highest BCUT2D eigenvalue weighted by Gasteiger charge is 2.32. The smallest absolute Gasteiger partial charge is 0.332 e. The average Bonchev–Trinajstić information content (AvgIpc) is 2.78. The average molecular weight is 420 g/mol. The Hall–Kier alpha value is -2.09. The second-order valence-electron chi connectivity index (χ2n) is 8.54. The molecule has 2 aliphatic heterocycles. The summed E-state index contributed by atoms with van der Waals surface area (Å²) in [5, 5.41) is 0.